The molecule has 0 atom stereocenters. The zero-order chi connectivity index (χ0) is 10.8. The standard InChI is InChI=1S/C10H17NO3/c1-2-3-4-5-6-7-9(12)11-8-10(13)14/h2H,1,3-8H2,(H,11,12)(H,13,14). The van der Waals surface area contributed by atoms with Gasteiger partial charge in [-0.3, -0.25) is 9.59 Å². The molecule has 14 heavy (non-hydrogen) atoms. The van der Waals surface area contributed by atoms with Gasteiger partial charge in [-0.15, -0.1) is 6.58 Å². The molecule has 0 saturated carbocycles. The SMILES string of the molecule is C=CCCCCCC(=O)NCC(=O)O. The summed E-state index contributed by atoms with van der Waals surface area (Å²) >= 11 is 0. The third kappa shape index (κ3) is 8.77. The average Bonchev–Trinajstić information content (AvgIpc) is 2.14. The molecule has 0 fully saturated rings. The molecule has 2 N–H and O–H groups in total. The van der Waals surface area contributed by atoms with Crippen molar-refractivity contribution in [1.29, 1.82) is 0 Å². The molecule has 0 rings (SSSR count). The van der Waals surface area contributed by atoms with Crippen LogP contribution < -0.4 is 5.32 Å². The Hall–Kier alpha value is -1.32. The maximum Gasteiger partial charge on any atom is 0.322 e. The van der Waals surface area contributed by atoms with Crippen molar-refractivity contribution in [2.24, 2.45) is 0 Å². The van der Waals surface area contributed by atoms with Crippen LogP contribution in [0.2, 0.25) is 0 Å². The lowest BCUT2D eigenvalue weighted by atomic mass is 10.1. The van der Waals surface area contributed by atoms with Gasteiger partial charge >= 0.3 is 5.97 Å². The van der Waals surface area contributed by atoms with E-state index in [0.29, 0.717) is 6.42 Å². The molecule has 4 nitrogen and oxygen atoms in total. The number of carbonyl (C=O) groups is 2. The zero-order valence-corrected chi connectivity index (χ0v) is 8.29. The van der Waals surface area contributed by atoms with Crippen molar-refractivity contribution in [1.82, 2.24) is 5.32 Å². The first-order chi connectivity index (χ1) is 6.66. The summed E-state index contributed by atoms with van der Waals surface area (Å²) in [6.45, 7) is 3.31. The summed E-state index contributed by atoms with van der Waals surface area (Å²) in [5.41, 5.74) is 0. The van der Waals surface area contributed by atoms with Crippen molar-refractivity contribution in [2.75, 3.05) is 6.54 Å². The number of allylic oxidation sites excluding steroid dienone is 1. The van der Waals surface area contributed by atoms with Gasteiger partial charge in [0.2, 0.25) is 5.91 Å². The van der Waals surface area contributed by atoms with E-state index in [1.54, 1.807) is 0 Å². The van der Waals surface area contributed by atoms with E-state index in [1.807, 2.05) is 6.08 Å². The molecule has 0 aromatic rings. The smallest absolute Gasteiger partial charge is 0.322 e. The van der Waals surface area contributed by atoms with Gasteiger partial charge in [0, 0.05) is 6.42 Å². The summed E-state index contributed by atoms with van der Waals surface area (Å²) in [5.74, 6) is -1.20. The number of aliphatic carboxylic acids is 1. The molecule has 0 bridgehead atoms. The third-order valence-electron chi connectivity index (χ3n) is 1.75. The molecule has 0 saturated heterocycles. The molecule has 0 aromatic carbocycles. The van der Waals surface area contributed by atoms with E-state index >= 15 is 0 Å². The largest absolute Gasteiger partial charge is 0.480 e. The highest BCUT2D eigenvalue weighted by Gasteiger charge is 2.02. The normalized spacial score (nSPS) is 9.43. The number of hydrogen-bond acceptors (Lipinski definition) is 2. The Kier molecular flexibility index (Phi) is 7.50. The van der Waals surface area contributed by atoms with Crippen LogP contribution in [0.1, 0.15) is 32.1 Å². The molecule has 4 heteroatoms. The number of nitrogens with one attached hydrogen (secondary N) is 1. The van der Waals surface area contributed by atoms with Crippen molar-refractivity contribution in [3.05, 3.63) is 12.7 Å². The number of rotatable bonds is 8. The molecule has 0 unspecified atom stereocenters. The molecule has 0 heterocycles. The number of amides is 1. The van der Waals surface area contributed by atoms with Crippen LogP contribution in [-0.2, 0) is 9.59 Å². The minimum atomic E-state index is -1.01. The van der Waals surface area contributed by atoms with Gasteiger partial charge in [0.1, 0.15) is 6.54 Å². The van der Waals surface area contributed by atoms with Gasteiger partial charge in [0.15, 0.2) is 0 Å². The summed E-state index contributed by atoms with van der Waals surface area (Å²) in [5, 5.41) is 10.6. The molecule has 80 valence electrons. The summed E-state index contributed by atoms with van der Waals surface area (Å²) in [7, 11) is 0. The number of carbonyl (C=O) groups excluding carboxylic acids is 1. The van der Waals surface area contributed by atoms with Gasteiger partial charge in [0.05, 0.1) is 0 Å². The summed E-state index contributed by atoms with van der Waals surface area (Å²) < 4.78 is 0. The molecular formula is C10H17NO3. The van der Waals surface area contributed by atoms with Crippen LogP contribution in [0.25, 0.3) is 0 Å². The second-order valence-electron chi connectivity index (χ2n) is 3.06. The lowest BCUT2D eigenvalue weighted by Crippen LogP contribution is -2.28. The average molecular weight is 199 g/mol. The first kappa shape index (κ1) is 12.7. The topological polar surface area (TPSA) is 66.4 Å². The Bertz CT molecular complexity index is 202. The molecule has 0 aliphatic rings. The van der Waals surface area contributed by atoms with Gasteiger partial charge in [-0.1, -0.05) is 12.5 Å². The predicted octanol–water partition coefficient (Wildman–Crippen LogP) is 1.32. The predicted molar refractivity (Wildman–Crippen MR) is 53.9 cm³/mol. The minimum absolute atomic E-state index is 0.189. The maximum atomic E-state index is 11.0. The van der Waals surface area contributed by atoms with Crippen LogP contribution >= 0.6 is 0 Å². The first-order valence-corrected chi connectivity index (χ1v) is 4.76. The van der Waals surface area contributed by atoms with Crippen LogP contribution in [0.3, 0.4) is 0 Å². The first-order valence-electron chi connectivity index (χ1n) is 4.76. The van der Waals surface area contributed by atoms with Gasteiger partial charge in [-0.2, -0.15) is 0 Å². The van der Waals surface area contributed by atoms with E-state index in [-0.39, 0.29) is 12.5 Å². The highest BCUT2D eigenvalue weighted by molar-refractivity contribution is 5.80. The Balaban J connectivity index is 3.26. The Morgan fingerprint density at radius 3 is 2.57 bits per heavy atom. The van der Waals surface area contributed by atoms with Crippen molar-refractivity contribution < 1.29 is 14.7 Å². The quantitative estimate of drug-likeness (QED) is 0.457. The van der Waals surface area contributed by atoms with E-state index in [9.17, 15) is 9.59 Å². The molecular weight excluding hydrogens is 182 g/mol. The van der Waals surface area contributed by atoms with Crippen molar-refractivity contribution >= 4 is 11.9 Å². The highest BCUT2D eigenvalue weighted by atomic mass is 16.4. The molecule has 0 aliphatic carbocycles. The van der Waals surface area contributed by atoms with Gasteiger partial charge < -0.3 is 10.4 Å². The summed E-state index contributed by atoms with van der Waals surface area (Å²) in [6, 6.07) is 0. The van der Waals surface area contributed by atoms with Crippen LogP contribution in [0.4, 0.5) is 0 Å². The second-order valence-corrected chi connectivity index (χ2v) is 3.06. The van der Waals surface area contributed by atoms with Crippen molar-refractivity contribution in [3.63, 3.8) is 0 Å². The molecule has 1 amide bonds. The van der Waals surface area contributed by atoms with E-state index in [1.165, 1.54) is 0 Å². The molecule has 0 spiro atoms. The minimum Gasteiger partial charge on any atom is -0.480 e. The summed E-state index contributed by atoms with van der Waals surface area (Å²) in [6.07, 6.45) is 6.05. The van der Waals surface area contributed by atoms with Crippen LogP contribution in [0.5, 0.6) is 0 Å². The highest BCUT2D eigenvalue weighted by Crippen LogP contribution is 2.02. The maximum absolute atomic E-state index is 11.0. The molecule has 0 aliphatic heterocycles. The summed E-state index contributed by atoms with van der Waals surface area (Å²) in [4.78, 5) is 21.1. The van der Waals surface area contributed by atoms with Gasteiger partial charge in [-0.05, 0) is 19.3 Å². The second kappa shape index (κ2) is 8.29. The fourth-order valence-corrected chi connectivity index (χ4v) is 1.01. The molecule has 0 radical (unpaired) electrons. The third-order valence-corrected chi connectivity index (χ3v) is 1.75. The van der Waals surface area contributed by atoms with E-state index < -0.39 is 5.97 Å². The van der Waals surface area contributed by atoms with Gasteiger partial charge in [-0.25, -0.2) is 0 Å². The number of carboxylic acid groups (broad SMARTS) is 1. The monoisotopic (exact) mass is 199 g/mol. The van der Waals surface area contributed by atoms with E-state index in [4.69, 9.17) is 5.11 Å². The Labute approximate surface area is 84.0 Å². The lowest BCUT2D eigenvalue weighted by Gasteiger charge is -2.01. The van der Waals surface area contributed by atoms with E-state index in [0.717, 1.165) is 25.7 Å². The molecule has 0 aromatic heterocycles. The Morgan fingerprint density at radius 1 is 1.29 bits per heavy atom. The van der Waals surface area contributed by atoms with Crippen molar-refractivity contribution in [2.45, 2.75) is 32.1 Å². The zero-order valence-electron chi connectivity index (χ0n) is 8.29. The Morgan fingerprint density at radius 2 is 2.00 bits per heavy atom. The fraction of sp³-hybridized carbons (Fsp3) is 0.600. The van der Waals surface area contributed by atoms with E-state index in [2.05, 4.69) is 11.9 Å². The van der Waals surface area contributed by atoms with Crippen LogP contribution in [0.15, 0.2) is 12.7 Å². The lowest BCUT2D eigenvalue weighted by molar-refractivity contribution is -0.137. The van der Waals surface area contributed by atoms with Gasteiger partial charge in [0.25, 0.3) is 0 Å². The van der Waals surface area contributed by atoms with Crippen LogP contribution in [-0.4, -0.2) is 23.5 Å². The number of carboxylic acids is 1. The number of unbranched alkanes of at least 4 members (excludes halogenated alkanes) is 3. The number of hydrogen-bond donors (Lipinski definition) is 2. The van der Waals surface area contributed by atoms with Crippen molar-refractivity contribution in [3.8, 4) is 0 Å². The fourth-order valence-electron chi connectivity index (χ4n) is 1.01. The van der Waals surface area contributed by atoms with Crippen LogP contribution in [0, 0.1) is 0 Å².